The van der Waals surface area contributed by atoms with Gasteiger partial charge in [-0.15, -0.1) is 0 Å². The predicted octanol–water partition coefficient (Wildman–Crippen LogP) is 4.56. The van der Waals surface area contributed by atoms with Gasteiger partial charge in [0.15, 0.2) is 0 Å². The average molecular weight is 512 g/mol. The molecule has 0 bridgehead atoms. The van der Waals surface area contributed by atoms with Crippen molar-refractivity contribution in [2.45, 2.75) is 31.5 Å². The van der Waals surface area contributed by atoms with Crippen molar-refractivity contribution in [2.75, 3.05) is 33.2 Å². The first-order valence-corrected chi connectivity index (χ1v) is 12.4. The van der Waals surface area contributed by atoms with E-state index >= 15 is 0 Å². The number of piperazine rings is 1. The second-order valence-electron chi connectivity index (χ2n) is 10.1. The topological polar surface area (TPSA) is 26.8 Å². The molecule has 2 aliphatic rings. The minimum absolute atomic E-state index is 0.0889. The summed E-state index contributed by atoms with van der Waals surface area (Å²) in [6.07, 6.45) is 1.11. The summed E-state index contributed by atoms with van der Waals surface area (Å²) in [5, 5.41) is 0. The highest BCUT2D eigenvalue weighted by molar-refractivity contribution is 5.88. The van der Waals surface area contributed by atoms with Crippen molar-refractivity contribution in [1.82, 2.24) is 14.7 Å². The number of carbonyl (C=O) groups excluding carboxylic acids is 1. The standard InChI is InChI=1S/C29H29F4N3O/c1-34(18-20-10-24(30)14-25(31)11-20)28(37)29(16-22-4-2-3-5-23(22)17-29)36-8-6-35(7-9-36)19-21-12-26(32)15-27(33)13-21/h2-5,10-15H,6-9,16-19H2,1H3. The predicted molar refractivity (Wildman–Crippen MR) is 133 cm³/mol. The van der Waals surface area contributed by atoms with E-state index in [1.165, 1.54) is 24.3 Å². The van der Waals surface area contributed by atoms with Crippen molar-refractivity contribution in [2.24, 2.45) is 0 Å². The number of rotatable bonds is 6. The van der Waals surface area contributed by atoms with Crippen LogP contribution in [0.5, 0.6) is 0 Å². The Morgan fingerprint density at radius 1 is 0.784 bits per heavy atom. The fraction of sp³-hybridized carbons (Fsp3) is 0.345. The molecule has 1 amide bonds. The lowest BCUT2D eigenvalue weighted by Gasteiger charge is -2.46. The fourth-order valence-electron chi connectivity index (χ4n) is 5.80. The molecule has 1 aliphatic carbocycles. The summed E-state index contributed by atoms with van der Waals surface area (Å²) >= 11 is 0. The van der Waals surface area contributed by atoms with E-state index in [1.54, 1.807) is 11.9 Å². The van der Waals surface area contributed by atoms with Crippen molar-refractivity contribution in [1.29, 1.82) is 0 Å². The molecule has 0 spiro atoms. The Morgan fingerprint density at radius 3 is 1.78 bits per heavy atom. The third-order valence-corrected chi connectivity index (χ3v) is 7.48. The summed E-state index contributed by atoms with van der Waals surface area (Å²) in [5.74, 6) is -2.62. The maximum Gasteiger partial charge on any atom is 0.243 e. The van der Waals surface area contributed by atoms with Gasteiger partial charge in [0.25, 0.3) is 0 Å². The zero-order valence-corrected chi connectivity index (χ0v) is 20.7. The Bertz CT molecular complexity index is 1240. The van der Waals surface area contributed by atoms with Crippen molar-refractivity contribution in [3.63, 3.8) is 0 Å². The summed E-state index contributed by atoms with van der Waals surface area (Å²) < 4.78 is 54.8. The second-order valence-corrected chi connectivity index (χ2v) is 10.1. The van der Waals surface area contributed by atoms with Gasteiger partial charge in [0, 0.05) is 71.3 Å². The average Bonchev–Trinajstić information content (AvgIpc) is 3.23. The largest absolute Gasteiger partial charge is 0.340 e. The van der Waals surface area contributed by atoms with Crippen LogP contribution in [0.1, 0.15) is 22.3 Å². The van der Waals surface area contributed by atoms with Gasteiger partial charge in [0.2, 0.25) is 5.91 Å². The fourth-order valence-corrected chi connectivity index (χ4v) is 5.80. The molecule has 0 unspecified atom stereocenters. The molecule has 0 aromatic heterocycles. The highest BCUT2D eigenvalue weighted by Gasteiger charge is 2.50. The first-order valence-electron chi connectivity index (χ1n) is 12.4. The molecular formula is C29H29F4N3O. The molecule has 5 rings (SSSR count). The van der Waals surface area contributed by atoms with Gasteiger partial charge in [0.05, 0.1) is 0 Å². The van der Waals surface area contributed by atoms with E-state index in [4.69, 9.17) is 0 Å². The van der Waals surface area contributed by atoms with Crippen LogP contribution in [0.4, 0.5) is 17.6 Å². The Kier molecular flexibility index (Phi) is 7.05. The van der Waals surface area contributed by atoms with Crippen LogP contribution < -0.4 is 0 Å². The molecule has 3 aromatic carbocycles. The smallest absolute Gasteiger partial charge is 0.243 e. The third-order valence-electron chi connectivity index (χ3n) is 7.48. The zero-order chi connectivity index (χ0) is 26.2. The molecule has 1 aliphatic heterocycles. The van der Waals surface area contributed by atoms with Gasteiger partial charge < -0.3 is 4.90 Å². The van der Waals surface area contributed by atoms with Crippen LogP contribution >= 0.6 is 0 Å². The van der Waals surface area contributed by atoms with Crippen LogP contribution in [0.15, 0.2) is 60.7 Å². The summed E-state index contributed by atoms with van der Waals surface area (Å²) in [5.41, 5.74) is 2.41. The molecule has 0 saturated carbocycles. The number of amides is 1. The third kappa shape index (κ3) is 5.40. The number of hydrogen-bond donors (Lipinski definition) is 0. The van der Waals surface area contributed by atoms with Gasteiger partial charge in [-0.3, -0.25) is 14.6 Å². The molecule has 0 N–H and O–H groups in total. The molecular weight excluding hydrogens is 482 g/mol. The monoisotopic (exact) mass is 511 g/mol. The summed E-state index contributed by atoms with van der Waals surface area (Å²) in [7, 11) is 1.67. The van der Waals surface area contributed by atoms with Crippen LogP contribution in [0.3, 0.4) is 0 Å². The lowest BCUT2D eigenvalue weighted by molar-refractivity contribution is -0.145. The first kappa shape index (κ1) is 25.4. The van der Waals surface area contributed by atoms with Crippen molar-refractivity contribution in [3.8, 4) is 0 Å². The molecule has 4 nitrogen and oxygen atoms in total. The number of benzene rings is 3. The minimum atomic E-state index is -0.804. The molecule has 0 radical (unpaired) electrons. The van der Waals surface area contributed by atoms with Gasteiger partial charge in [-0.25, -0.2) is 17.6 Å². The molecule has 1 heterocycles. The number of nitrogens with zero attached hydrogens (tertiary/aromatic N) is 3. The van der Waals surface area contributed by atoms with Crippen molar-refractivity contribution >= 4 is 5.91 Å². The van der Waals surface area contributed by atoms with Gasteiger partial charge in [-0.1, -0.05) is 24.3 Å². The first-order chi connectivity index (χ1) is 17.7. The number of likely N-dealkylation sites (N-methyl/N-ethyl adjacent to an activating group) is 1. The van der Waals surface area contributed by atoms with Crippen LogP contribution in [0.25, 0.3) is 0 Å². The van der Waals surface area contributed by atoms with Crippen LogP contribution in [-0.4, -0.2) is 59.4 Å². The Hall–Kier alpha value is -3.23. The van der Waals surface area contributed by atoms with E-state index < -0.39 is 28.8 Å². The molecule has 0 atom stereocenters. The lowest BCUT2D eigenvalue weighted by atomic mass is 9.90. The van der Waals surface area contributed by atoms with Crippen molar-refractivity contribution in [3.05, 3.63) is 106 Å². The highest BCUT2D eigenvalue weighted by atomic mass is 19.1. The number of carbonyl (C=O) groups is 1. The van der Waals surface area contributed by atoms with Gasteiger partial charge in [0.1, 0.15) is 28.8 Å². The van der Waals surface area contributed by atoms with Crippen LogP contribution in [0, 0.1) is 23.3 Å². The van der Waals surface area contributed by atoms with Crippen molar-refractivity contribution < 1.29 is 22.4 Å². The SMILES string of the molecule is CN(Cc1cc(F)cc(F)c1)C(=O)C1(N2CCN(Cc3cc(F)cc(F)c3)CC2)Cc2ccccc2C1. The van der Waals surface area contributed by atoms with E-state index in [0.717, 1.165) is 23.3 Å². The van der Waals surface area contributed by atoms with Crippen LogP contribution in [-0.2, 0) is 30.7 Å². The highest BCUT2D eigenvalue weighted by Crippen LogP contribution is 2.37. The zero-order valence-electron chi connectivity index (χ0n) is 20.7. The lowest BCUT2D eigenvalue weighted by Crippen LogP contribution is -2.64. The minimum Gasteiger partial charge on any atom is -0.340 e. The number of halogens is 4. The Balaban J connectivity index is 1.34. The maximum absolute atomic E-state index is 14.1. The Morgan fingerprint density at radius 2 is 1.27 bits per heavy atom. The molecule has 194 valence electrons. The molecule has 37 heavy (non-hydrogen) atoms. The Labute approximate surface area is 214 Å². The van der Waals surface area contributed by atoms with E-state index in [1.807, 2.05) is 24.3 Å². The molecule has 8 heteroatoms. The van der Waals surface area contributed by atoms with E-state index in [0.29, 0.717) is 56.7 Å². The summed E-state index contributed by atoms with van der Waals surface area (Å²) in [4.78, 5) is 20.0. The van der Waals surface area contributed by atoms with E-state index in [9.17, 15) is 22.4 Å². The second kappa shape index (κ2) is 10.3. The van der Waals surface area contributed by atoms with E-state index in [2.05, 4.69) is 9.80 Å². The maximum atomic E-state index is 14.1. The molecule has 3 aromatic rings. The van der Waals surface area contributed by atoms with Gasteiger partial charge in [-0.2, -0.15) is 0 Å². The number of fused-ring (bicyclic) bond motifs is 1. The quantitative estimate of drug-likeness (QED) is 0.454. The van der Waals surface area contributed by atoms with Gasteiger partial charge >= 0.3 is 0 Å². The summed E-state index contributed by atoms with van der Waals surface area (Å²) in [6, 6.07) is 14.9. The molecule has 1 saturated heterocycles. The summed E-state index contributed by atoms with van der Waals surface area (Å²) in [6.45, 7) is 3.02. The van der Waals surface area contributed by atoms with Crippen LogP contribution in [0.2, 0.25) is 0 Å². The molecule has 1 fully saturated rings. The van der Waals surface area contributed by atoms with Gasteiger partial charge in [-0.05, 0) is 46.5 Å². The van der Waals surface area contributed by atoms with E-state index in [-0.39, 0.29) is 12.5 Å². The normalized spacial score (nSPS) is 17.5. The number of hydrogen-bond acceptors (Lipinski definition) is 3.